The molecule has 0 unspecified atom stereocenters. The van der Waals surface area contributed by atoms with Gasteiger partial charge in [-0.3, -0.25) is 0 Å². The summed E-state index contributed by atoms with van der Waals surface area (Å²) in [6.07, 6.45) is 2.49. The van der Waals surface area contributed by atoms with Crippen molar-refractivity contribution < 1.29 is 14.3 Å². The number of rotatable bonds is 7. The number of halogens is 1. The Labute approximate surface area is 112 Å². The minimum atomic E-state index is 0.565. The van der Waals surface area contributed by atoms with Crippen LogP contribution in [0.5, 0.6) is 11.5 Å². The summed E-state index contributed by atoms with van der Waals surface area (Å²) in [5, 5.41) is 0.572. The van der Waals surface area contributed by atoms with E-state index in [0.717, 1.165) is 5.56 Å². The molecule has 1 aliphatic rings. The van der Waals surface area contributed by atoms with Gasteiger partial charge < -0.3 is 14.3 Å². The van der Waals surface area contributed by atoms with Gasteiger partial charge in [-0.05, 0) is 36.5 Å². The Hall–Kier alpha value is -0.970. The van der Waals surface area contributed by atoms with Gasteiger partial charge in [-0.1, -0.05) is 11.6 Å². The number of hydroxylamine groups is 1. The van der Waals surface area contributed by atoms with Crippen LogP contribution in [-0.2, 0) is 11.4 Å². The molecule has 0 spiro atoms. The highest BCUT2D eigenvalue weighted by atomic mass is 35.5. The first-order chi connectivity index (χ1) is 8.74. The molecule has 2 rings (SSSR count). The van der Waals surface area contributed by atoms with Gasteiger partial charge in [-0.2, -0.15) is 5.48 Å². The first-order valence-corrected chi connectivity index (χ1v) is 6.37. The van der Waals surface area contributed by atoms with E-state index in [4.69, 9.17) is 25.9 Å². The average molecular weight is 272 g/mol. The summed E-state index contributed by atoms with van der Waals surface area (Å²) in [6.45, 7) is 1.28. The number of hydrogen-bond acceptors (Lipinski definition) is 4. The maximum atomic E-state index is 6.22. The fourth-order valence-electron chi connectivity index (χ4n) is 1.66. The molecule has 0 amide bonds. The molecule has 0 aromatic heterocycles. The monoisotopic (exact) mass is 271 g/mol. The lowest BCUT2D eigenvalue weighted by molar-refractivity contribution is 0.0866. The fraction of sp³-hybridized carbons (Fsp3) is 0.538. The van der Waals surface area contributed by atoms with Crippen LogP contribution in [0, 0.1) is 5.92 Å². The third-order valence-electron chi connectivity index (χ3n) is 2.87. The topological polar surface area (TPSA) is 39.7 Å². The zero-order valence-corrected chi connectivity index (χ0v) is 11.4. The van der Waals surface area contributed by atoms with E-state index in [0.29, 0.717) is 35.6 Å². The Balaban J connectivity index is 2.11. The normalized spacial score (nSPS) is 14.6. The summed E-state index contributed by atoms with van der Waals surface area (Å²) >= 11 is 6.22. The number of benzene rings is 1. The molecule has 5 heteroatoms. The van der Waals surface area contributed by atoms with Crippen molar-refractivity contribution in [2.24, 2.45) is 5.92 Å². The molecule has 1 fully saturated rings. The maximum Gasteiger partial charge on any atom is 0.179 e. The summed E-state index contributed by atoms with van der Waals surface area (Å²) in [5.41, 5.74) is 3.75. The quantitative estimate of drug-likeness (QED) is 0.774. The Morgan fingerprint density at radius 3 is 2.72 bits per heavy atom. The number of hydrogen-bond donors (Lipinski definition) is 1. The second-order valence-electron chi connectivity index (χ2n) is 4.39. The smallest absolute Gasteiger partial charge is 0.179 e. The van der Waals surface area contributed by atoms with Crippen LogP contribution in [-0.4, -0.2) is 20.8 Å². The van der Waals surface area contributed by atoms with Crippen molar-refractivity contribution in [3.8, 4) is 11.5 Å². The van der Waals surface area contributed by atoms with Gasteiger partial charge in [0, 0.05) is 6.54 Å². The summed E-state index contributed by atoms with van der Waals surface area (Å²) in [5.74, 6) is 1.98. The molecule has 0 heterocycles. The van der Waals surface area contributed by atoms with Gasteiger partial charge >= 0.3 is 0 Å². The Bertz CT molecular complexity index is 407. The van der Waals surface area contributed by atoms with E-state index in [1.165, 1.54) is 12.8 Å². The van der Waals surface area contributed by atoms with E-state index in [-0.39, 0.29) is 0 Å². The average Bonchev–Trinajstić information content (AvgIpc) is 3.18. The van der Waals surface area contributed by atoms with Crippen molar-refractivity contribution >= 4 is 11.6 Å². The molecule has 1 aliphatic carbocycles. The highest BCUT2D eigenvalue weighted by Crippen LogP contribution is 2.38. The van der Waals surface area contributed by atoms with Crippen LogP contribution in [0.2, 0.25) is 5.02 Å². The van der Waals surface area contributed by atoms with E-state index in [1.54, 1.807) is 14.2 Å². The van der Waals surface area contributed by atoms with Crippen LogP contribution < -0.4 is 15.0 Å². The van der Waals surface area contributed by atoms with Crippen LogP contribution in [0.15, 0.2) is 12.1 Å². The largest absolute Gasteiger partial charge is 0.493 e. The first kappa shape index (κ1) is 13.5. The van der Waals surface area contributed by atoms with Crippen LogP contribution in [0.4, 0.5) is 0 Å². The van der Waals surface area contributed by atoms with Gasteiger partial charge in [0.1, 0.15) is 0 Å². The summed E-state index contributed by atoms with van der Waals surface area (Å²) < 4.78 is 11.1. The molecule has 0 saturated heterocycles. The molecule has 0 bridgehead atoms. The molecule has 1 aromatic carbocycles. The van der Waals surface area contributed by atoms with E-state index in [2.05, 4.69) is 5.48 Å². The number of nitrogens with one attached hydrogen (secondary N) is 1. The van der Waals surface area contributed by atoms with Gasteiger partial charge in [0.15, 0.2) is 11.5 Å². The minimum absolute atomic E-state index is 0.565. The highest BCUT2D eigenvalue weighted by molar-refractivity contribution is 6.32. The van der Waals surface area contributed by atoms with Crippen LogP contribution in [0.25, 0.3) is 0 Å². The molecule has 4 nitrogen and oxygen atoms in total. The molecule has 18 heavy (non-hydrogen) atoms. The van der Waals surface area contributed by atoms with Gasteiger partial charge in [-0.15, -0.1) is 0 Å². The van der Waals surface area contributed by atoms with Crippen molar-refractivity contribution in [2.45, 2.75) is 19.4 Å². The molecule has 0 atom stereocenters. The SMILES string of the molecule is CONCc1cc(Cl)c(OCC2CC2)c(OC)c1. The predicted molar refractivity (Wildman–Crippen MR) is 70.1 cm³/mol. The lowest BCUT2D eigenvalue weighted by Crippen LogP contribution is -2.11. The zero-order valence-electron chi connectivity index (χ0n) is 10.7. The van der Waals surface area contributed by atoms with Gasteiger partial charge in [0.05, 0.1) is 25.8 Å². The van der Waals surface area contributed by atoms with Crippen LogP contribution in [0.1, 0.15) is 18.4 Å². The van der Waals surface area contributed by atoms with Gasteiger partial charge in [-0.25, -0.2) is 0 Å². The first-order valence-electron chi connectivity index (χ1n) is 5.99. The molecule has 1 N–H and O–H groups in total. The van der Waals surface area contributed by atoms with Gasteiger partial charge in [0.25, 0.3) is 0 Å². The number of methoxy groups -OCH3 is 1. The lowest BCUT2D eigenvalue weighted by Gasteiger charge is -2.14. The minimum Gasteiger partial charge on any atom is -0.493 e. The Morgan fingerprint density at radius 1 is 1.33 bits per heavy atom. The highest BCUT2D eigenvalue weighted by Gasteiger charge is 2.23. The van der Waals surface area contributed by atoms with E-state index >= 15 is 0 Å². The second-order valence-corrected chi connectivity index (χ2v) is 4.80. The molecule has 0 aliphatic heterocycles. The third kappa shape index (κ3) is 3.51. The summed E-state index contributed by atoms with van der Waals surface area (Å²) in [4.78, 5) is 4.81. The van der Waals surface area contributed by atoms with Gasteiger partial charge in [0.2, 0.25) is 0 Å². The second kappa shape index (κ2) is 6.27. The van der Waals surface area contributed by atoms with Crippen molar-refractivity contribution in [2.75, 3.05) is 20.8 Å². The molecule has 100 valence electrons. The molecule has 1 aromatic rings. The van der Waals surface area contributed by atoms with Crippen molar-refractivity contribution in [1.29, 1.82) is 0 Å². The van der Waals surface area contributed by atoms with Crippen LogP contribution in [0.3, 0.4) is 0 Å². The number of ether oxygens (including phenoxy) is 2. The lowest BCUT2D eigenvalue weighted by atomic mass is 10.2. The van der Waals surface area contributed by atoms with E-state index in [1.807, 2.05) is 12.1 Å². The molecule has 0 radical (unpaired) electrons. The Kier molecular flexibility index (Phi) is 4.69. The van der Waals surface area contributed by atoms with Crippen molar-refractivity contribution in [1.82, 2.24) is 5.48 Å². The standard InChI is InChI=1S/C13H18ClNO3/c1-16-12-6-10(7-15-17-2)5-11(14)13(12)18-8-9-3-4-9/h5-6,9,15H,3-4,7-8H2,1-2H3. The maximum absolute atomic E-state index is 6.22. The summed E-state index contributed by atoms with van der Waals surface area (Å²) in [7, 11) is 3.19. The summed E-state index contributed by atoms with van der Waals surface area (Å²) in [6, 6.07) is 3.76. The zero-order chi connectivity index (χ0) is 13.0. The predicted octanol–water partition coefficient (Wildman–Crippen LogP) is 2.79. The van der Waals surface area contributed by atoms with Crippen molar-refractivity contribution in [3.63, 3.8) is 0 Å². The molecular weight excluding hydrogens is 254 g/mol. The van der Waals surface area contributed by atoms with E-state index < -0.39 is 0 Å². The van der Waals surface area contributed by atoms with Crippen molar-refractivity contribution in [3.05, 3.63) is 22.7 Å². The third-order valence-corrected chi connectivity index (χ3v) is 3.15. The fourth-order valence-corrected chi connectivity index (χ4v) is 1.94. The Morgan fingerprint density at radius 2 is 2.11 bits per heavy atom. The van der Waals surface area contributed by atoms with E-state index in [9.17, 15) is 0 Å². The molecule has 1 saturated carbocycles. The molecular formula is C13H18ClNO3. The van der Waals surface area contributed by atoms with Crippen LogP contribution >= 0.6 is 11.6 Å².